The molecular formula is C24H28N2O3S. The van der Waals surface area contributed by atoms with Gasteiger partial charge in [-0.3, -0.25) is 4.79 Å². The summed E-state index contributed by atoms with van der Waals surface area (Å²) in [7, 11) is 1.39. The minimum atomic E-state index is -0.395. The summed E-state index contributed by atoms with van der Waals surface area (Å²) in [5.41, 5.74) is 3.45. The fourth-order valence-corrected chi connectivity index (χ4v) is 4.33. The van der Waals surface area contributed by atoms with E-state index in [0.717, 1.165) is 27.4 Å². The van der Waals surface area contributed by atoms with Crippen molar-refractivity contribution in [3.63, 3.8) is 0 Å². The molecule has 2 heterocycles. The van der Waals surface area contributed by atoms with Crippen LogP contribution in [0, 0.1) is 6.92 Å². The Morgan fingerprint density at radius 2 is 1.80 bits per heavy atom. The van der Waals surface area contributed by atoms with E-state index < -0.39 is 5.97 Å². The molecule has 1 N–H and O–H groups in total. The molecule has 30 heavy (non-hydrogen) atoms. The zero-order chi connectivity index (χ0) is 21.9. The van der Waals surface area contributed by atoms with Crippen LogP contribution in [0.25, 0.3) is 11.1 Å². The lowest BCUT2D eigenvalue weighted by Gasteiger charge is -2.21. The van der Waals surface area contributed by atoms with Gasteiger partial charge in [-0.05, 0) is 44.7 Å². The number of thiophene rings is 1. The summed E-state index contributed by atoms with van der Waals surface area (Å²) in [4.78, 5) is 26.8. The van der Waals surface area contributed by atoms with Crippen LogP contribution in [0.5, 0.6) is 0 Å². The lowest BCUT2D eigenvalue weighted by molar-refractivity contribution is -0.121. The van der Waals surface area contributed by atoms with Gasteiger partial charge in [0.15, 0.2) is 0 Å². The third kappa shape index (κ3) is 4.82. The standard InChI is InChI=1S/C24H28N2O3S/c1-16-21(23(28)29-5)22(17-10-7-6-8-11-17)19(14-20(27)25-24(2,3)4)26(16)15-18-12-9-13-30-18/h6-13H,14-15H2,1-5H3,(H,25,27). The molecule has 0 atom stereocenters. The maximum absolute atomic E-state index is 12.9. The van der Waals surface area contributed by atoms with Gasteiger partial charge in [0.1, 0.15) is 0 Å². The highest BCUT2D eigenvalue weighted by atomic mass is 32.1. The monoisotopic (exact) mass is 424 g/mol. The van der Waals surface area contributed by atoms with Crippen molar-refractivity contribution in [1.82, 2.24) is 9.88 Å². The molecule has 2 aromatic heterocycles. The summed E-state index contributed by atoms with van der Waals surface area (Å²) in [6, 6.07) is 13.8. The molecule has 0 saturated carbocycles. The number of hydrogen-bond donors (Lipinski definition) is 1. The normalized spacial score (nSPS) is 11.4. The van der Waals surface area contributed by atoms with Gasteiger partial charge in [-0.1, -0.05) is 36.4 Å². The number of benzene rings is 1. The van der Waals surface area contributed by atoms with Crippen molar-refractivity contribution in [1.29, 1.82) is 0 Å². The van der Waals surface area contributed by atoms with Crippen LogP contribution in [0.1, 0.15) is 47.4 Å². The van der Waals surface area contributed by atoms with Gasteiger partial charge >= 0.3 is 5.97 Å². The Morgan fingerprint density at radius 1 is 1.10 bits per heavy atom. The Hall–Kier alpha value is -2.86. The predicted octanol–water partition coefficient (Wildman–Crippen LogP) is 4.82. The Kier molecular flexibility index (Phi) is 6.46. The van der Waals surface area contributed by atoms with E-state index >= 15 is 0 Å². The van der Waals surface area contributed by atoms with Crippen molar-refractivity contribution in [3.8, 4) is 11.1 Å². The van der Waals surface area contributed by atoms with Gasteiger partial charge in [0.2, 0.25) is 5.91 Å². The number of esters is 1. The van der Waals surface area contributed by atoms with E-state index in [-0.39, 0.29) is 17.9 Å². The molecule has 3 aromatic rings. The number of methoxy groups -OCH3 is 1. The minimum absolute atomic E-state index is 0.0824. The highest BCUT2D eigenvalue weighted by molar-refractivity contribution is 7.09. The van der Waals surface area contributed by atoms with E-state index in [0.29, 0.717) is 12.1 Å². The molecule has 1 aromatic carbocycles. The van der Waals surface area contributed by atoms with Crippen LogP contribution < -0.4 is 5.32 Å². The molecule has 158 valence electrons. The molecule has 0 aliphatic heterocycles. The summed E-state index contributed by atoms with van der Waals surface area (Å²) < 4.78 is 7.19. The van der Waals surface area contributed by atoms with Crippen molar-refractivity contribution in [2.75, 3.05) is 7.11 Å². The summed E-state index contributed by atoms with van der Waals surface area (Å²) in [5.74, 6) is -0.477. The Balaban J connectivity index is 2.21. The number of carbonyl (C=O) groups is 2. The molecule has 0 saturated heterocycles. The summed E-state index contributed by atoms with van der Waals surface area (Å²) in [6.07, 6.45) is 0.171. The SMILES string of the molecule is COC(=O)c1c(-c2ccccc2)c(CC(=O)NC(C)(C)C)n(Cc2cccs2)c1C. The lowest BCUT2D eigenvalue weighted by Crippen LogP contribution is -2.41. The molecule has 0 unspecified atom stereocenters. The van der Waals surface area contributed by atoms with Crippen LogP contribution in [-0.2, 0) is 22.5 Å². The average Bonchev–Trinajstić information content (AvgIpc) is 3.28. The number of rotatable bonds is 6. The van der Waals surface area contributed by atoms with E-state index in [2.05, 4.69) is 16.0 Å². The molecule has 1 amide bonds. The topological polar surface area (TPSA) is 60.3 Å². The highest BCUT2D eigenvalue weighted by Gasteiger charge is 2.28. The molecule has 0 aliphatic carbocycles. The number of nitrogens with one attached hydrogen (secondary N) is 1. The van der Waals surface area contributed by atoms with Crippen molar-refractivity contribution in [2.45, 2.75) is 46.2 Å². The van der Waals surface area contributed by atoms with Gasteiger partial charge in [0.25, 0.3) is 0 Å². The van der Waals surface area contributed by atoms with E-state index in [9.17, 15) is 9.59 Å². The third-order valence-corrected chi connectivity index (χ3v) is 5.68. The van der Waals surface area contributed by atoms with Gasteiger partial charge in [-0.2, -0.15) is 0 Å². The second kappa shape index (κ2) is 8.88. The Morgan fingerprint density at radius 3 is 2.37 bits per heavy atom. The smallest absolute Gasteiger partial charge is 0.340 e. The number of carbonyl (C=O) groups excluding carboxylic acids is 2. The maximum Gasteiger partial charge on any atom is 0.340 e. The van der Waals surface area contributed by atoms with E-state index in [1.807, 2.05) is 69.5 Å². The fourth-order valence-electron chi connectivity index (χ4n) is 3.64. The van der Waals surface area contributed by atoms with Crippen LogP contribution in [-0.4, -0.2) is 29.1 Å². The number of amides is 1. The largest absolute Gasteiger partial charge is 0.465 e. The average molecular weight is 425 g/mol. The second-order valence-corrected chi connectivity index (χ2v) is 9.31. The number of nitrogens with zero attached hydrogens (tertiary/aromatic N) is 1. The number of aromatic nitrogens is 1. The van der Waals surface area contributed by atoms with Crippen molar-refractivity contribution in [3.05, 3.63) is 69.7 Å². The van der Waals surface area contributed by atoms with E-state index in [1.54, 1.807) is 11.3 Å². The summed E-state index contributed by atoms with van der Waals surface area (Å²) in [6.45, 7) is 8.38. The van der Waals surface area contributed by atoms with Crippen LogP contribution >= 0.6 is 11.3 Å². The van der Waals surface area contributed by atoms with Crippen molar-refractivity contribution in [2.24, 2.45) is 0 Å². The molecule has 0 radical (unpaired) electrons. The highest BCUT2D eigenvalue weighted by Crippen LogP contribution is 2.35. The minimum Gasteiger partial charge on any atom is -0.465 e. The van der Waals surface area contributed by atoms with Crippen LogP contribution in [0.15, 0.2) is 47.8 Å². The number of ether oxygens (including phenoxy) is 1. The molecular weight excluding hydrogens is 396 g/mol. The molecule has 6 heteroatoms. The molecule has 0 fully saturated rings. The van der Waals surface area contributed by atoms with Crippen molar-refractivity contribution < 1.29 is 14.3 Å². The first-order valence-corrected chi connectivity index (χ1v) is 10.8. The number of hydrogen-bond acceptors (Lipinski definition) is 4. The quantitative estimate of drug-likeness (QED) is 0.577. The Bertz CT molecular complexity index is 1030. The molecule has 5 nitrogen and oxygen atoms in total. The first kappa shape index (κ1) is 21.8. The predicted molar refractivity (Wildman–Crippen MR) is 121 cm³/mol. The van der Waals surface area contributed by atoms with E-state index in [4.69, 9.17) is 4.74 Å². The van der Waals surface area contributed by atoms with Crippen LogP contribution in [0.3, 0.4) is 0 Å². The van der Waals surface area contributed by atoms with Crippen LogP contribution in [0.4, 0.5) is 0 Å². The Labute approximate surface area is 181 Å². The van der Waals surface area contributed by atoms with Gasteiger partial charge < -0.3 is 14.6 Å². The first-order chi connectivity index (χ1) is 14.2. The van der Waals surface area contributed by atoms with Gasteiger partial charge in [-0.15, -0.1) is 11.3 Å². The van der Waals surface area contributed by atoms with Gasteiger partial charge in [-0.25, -0.2) is 4.79 Å². The molecule has 0 spiro atoms. The molecule has 3 rings (SSSR count). The van der Waals surface area contributed by atoms with E-state index in [1.165, 1.54) is 7.11 Å². The summed E-state index contributed by atoms with van der Waals surface area (Å²) in [5, 5.41) is 5.07. The molecule has 0 bridgehead atoms. The second-order valence-electron chi connectivity index (χ2n) is 8.28. The first-order valence-electron chi connectivity index (χ1n) is 9.90. The molecule has 0 aliphatic rings. The lowest BCUT2D eigenvalue weighted by atomic mass is 9.98. The summed E-state index contributed by atoms with van der Waals surface area (Å²) >= 11 is 1.65. The maximum atomic E-state index is 12.9. The van der Waals surface area contributed by atoms with Gasteiger partial charge in [0.05, 0.1) is 25.6 Å². The van der Waals surface area contributed by atoms with Crippen LogP contribution in [0.2, 0.25) is 0 Å². The zero-order valence-electron chi connectivity index (χ0n) is 18.1. The van der Waals surface area contributed by atoms with Gasteiger partial charge in [0, 0.05) is 27.4 Å². The zero-order valence-corrected chi connectivity index (χ0v) is 18.9. The van der Waals surface area contributed by atoms with Crippen molar-refractivity contribution >= 4 is 23.2 Å². The third-order valence-electron chi connectivity index (χ3n) is 4.82. The fraction of sp³-hybridized carbons (Fsp3) is 0.333.